The van der Waals surface area contributed by atoms with Crippen molar-refractivity contribution in [3.8, 4) is 0 Å². The summed E-state index contributed by atoms with van der Waals surface area (Å²) >= 11 is 0. The summed E-state index contributed by atoms with van der Waals surface area (Å²) in [4.78, 5) is 19.6. The summed E-state index contributed by atoms with van der Waals surface area (Å²) in [6.07, 6.45) is 6.08. The summed E-state index contributed by atoms with van der Waals surface area (Å²) in [6.45, 7) is 10.0. The van der Waals surface area contributed by atoms with Crippen molar-refractivity contribution in [2.75, 3.05) is 13.2 Å². The third-order valence-electron chi connectivity index (χ3n) is 2.31. The van der Waals surface area contributed by atoms with Crippen molar-refractivity contribution >= 4 is 12.0 Å². The van der Waals surface area contributed by atoms with Crippen LogP contribution in [0.2, 0.25) is 0 Å². The molecule has 0 spiro atoms. The molecule has 20 heavy (non-hydrogen) atoms. The second-order valence-electron chi connectivity index (χ2n) is 5.35. The smallest absolute Gasteiger partial charge is 0.308 e. The van der Waals surface area contributed by atoms with Gasteiger partial charge in [-0.05, 0) is 38.8 Å². The van der Waals surface area contributed by atoms with E-state index < -0.39 is 5.60 Å². The fourth-order valence-corrected chi connectivity index (χ4v) is 1.44. The zero-order valence-electron chi connectivity index (χ0n) is 12.4. The first-order chi connectivity index (χ1) is 9.40. The van der Waals surface area contributed by atoms with Crippen LogP contribution in [-0.4, -0.2) is 34.8 Å². The molecule has 0 N–H and O–H groups in total. The summed E-state index contributed by atoms with van der Waals surface area (Å²) in [5.74, 6) is 0.371. The maximum Gasteiger partial charge on any atom is 0.308 e. The number of hydrogen-bond donors (Lipinski definition) is 0. The third-order valence-corrected chi connectivity index (χ3v) is 2.31. The van der Waals surface area contributed by atoms with Crippen molar-refractivity contribution in [1.29, 1.82) is 0 Å². The van der Waals surface area contributed by atoms with Crippen LogP contribution in [0.3, 0.4) is 0 Å². The van der Waals surface area contributed by atoms with Crippen molar-refractivity contribution in [3.05, 3.63) is 30.4 Å². The van der Waals surface area contributed by atoms with Gasteiger partial charge in [0.1, 0.15) is 5.60 Å². The Kier molecular flexibility index (Phi) is 6.31. The van der Waals surface area contributed by atoms with Gasteiger partial charge in [0.25, 0.3) is 0 Å². The van der Waals surface area contributed by atoms with Crippen LogP contribution in [0.15, 0.2) is 19.0 Å². The second-order valence-corrected chi connectivity index (χ2v) is 5.35. The van der Waals surface area contributed by atoms with Crippen molar-refractivity contribution in [2.24, 2.45) is 0 Å². The molecule has 110 valence electrons. The topological polar surface area (TPSA) is 61.3 Å². The highest BCUT2D eigenvalue weighted by Crippen LogP contribution is 2.08. The van der Waals surface area contributed by atoms with Crippen LogP contribution in [0.25, 0.3) is 6.08 Å². The van der Waals surface area contributed by atoms with Gasteiger partial charge in [0.2, 0.25) is 0 Å². The van der Waals surface area contributed by atoms with Crippen molar-refractivity contribution in [3.63, 3.8) is 0 Å². The van der Waals surface area contributed by atoms with Crippen LogP contribution in [-0.2, 0) is 20.7 Å². The SMILES string of the molecule is C=Cc1ncc(CCOCCC(=O)OC(C)(C)C)cn1. The van der Waals surface area contributed by atoms with Crippen molar-refractivity contribution < 1.29 is 14.3 Å². The number of nitrogens with zero attached hydrogens (tertiary/aromatic N) is 2. The minimum atomic E-state index is -0.443. The normalized spacial score (nSPS) is 11.2. The highest BCUT2D eigenvalue weighted by Gasteiger charge is 2.15. The number of ether oxygens (including phenoxy) is 2. The van der Waals surface area contributed by atoms with E-state index in [-0.39, 0.29) is 12.4 Å². The lowest BCUT2D eigenvalue weighted by Crippen LogP contribution is -2.24. The number of carbonyl (C=O) groups excluding carboxylic acids is 1. The van der Waals surface area contributed by atoms with Gasteiger partial charge < -0.3 is 9.47 Å². The molecule has 5 nitrogen and oxygen atoms in total. The molecule has 0 saturated heterocycles. The van der Waals surface area contributed by atoms with Gasteiger partial charge in [0.15, 0.2) is 5.82 Å². The first kappa shape index (κ1) is 16.3. The van der Waals surface area contributed by atoms with E-state index in [4.69, 9.17) is 9.47 Å². The largest absolute Gasteiger partial charge is 0.460 e. The maximum atomic E-state index is 11.4. The Morgan fingerprint density at radius 2 is 1.95 bits per heavy atom. The van der Waals surface area contributed by atoms with E-state index in [0.29, 0.717) is 25.5 Å². The highest BCUT2D eigenvalue weighted by atomic mass is 16.6. The Hall–Kier alpha value is -1.75. The molecule has 0 atom stereocenters. The van der Waals surface area contributed by atoms with E-state index >= 15 is 0 Å². The molecule has 0 amide bonds. The number of rotatable bonds is 7. The number of aromatic nitrogens is 2. The number of hydrogen-bond acceptors (Lipinski definition) is 5. The summed E-state index contributed by atoms with van der Waals surface area (Å²) < 4.78 is 10.6. The molecule has 0 aliphatic carbocycles. The monoisotopic (exact) mass is 278 g/mol. The molecule has 0 bridgehead atoms. The summed E-state index contributed by atoms with van der Waals surface area (Å²) in [6, 6.07) is 0. The Morgan fingerprint density at radius 3 is 2.50 bits per heavy atom. The molecule has 1 aromatic heterocycles. The van der Waals surface area contributed by atoms with Gasteiger partial charge in [-0.3, -0.25) is 4.79 Å². The lowest BCUT2D eigenvalue weighted by molar-refractivity contribution is -0.156. The summed E-state index contributed by atoms with van der Waals surface area (Å²) in [5, 5.41) is 0. The predicted molar refractivity (Wildman–Crippen MR) is 77.1 cm³/mol. The Balaban J connectivity index is 2.15. The minimum Gasteiger partial charge on any atom is -0.460 e. The highest BCUT2D eigenvalue weighted by molar-refractivity contribution is 5.69. The average Bonchev–Trinajstić information content (AvgIpc) is 2.37. The van der Waals surface area contributed by atoms with Crippen LogP contribution in [0.4, 0.5) is 0 Å². The van der Waals surface area contributed by atoms with Crippen molar-refractivity contribution in [2.45, 2.75) is 39.2 Å². The molecule has 1 heterocycles. The fraction of sp³-hybridized carbons (Fsp3) is 0.533. The lowest BCUT2D eigenvalue weighted by Gasteiger charge is -2.19. The Bertz CT molecular complexity index is 435. The number of esters is 1. The molecule has 0 aliphatic rings. The fourth-order valence-electron chi connectivity index (χ4n) is 1.44. The molecule has 0 fully saturated rings. The van der Waals surface area contributed by atoms with Gasteiger partial charge in [-0.15, -0.1) is 0 Å². The van der Waals surface area contributed by atoms with Crippen LogP contribution >= 0.6 is 0 Å². The van der Waals surface area contributed by atoms with Gasteiger partial charge in [-0.25, -0.2) is 9.97 Å². The molecular formula is C15H22N2O3. The molecule has 0 radical (unpaired) electrons. The van der Waals surface area contributed by atoms with Crippen LogP contribution < -0.4 is 0 Å². The van der Waals surface area contributed by atoms with E-state index in [0.717, 1.165) is 5.56 Å². The maximum absolute atomic E-state index is 11.4. The first-order valence-corrected chi connectivity index (χ1v) is 6.63. The standard InChI is InChI=1S/C15H22N2O3/c1-5-13-16-10-12(11-17-13)6-8-19-9-7-14(18)20-15(2,3)4/h5,10-11H,1,6-9H2,2-4H3. The molecule has 0 unspecified atom stereocenters. The van der Waals surface area contributed by atoms with Crippen LogP contribution in [0, 0.1) is 0 Å². The van der Waals surface area contributed by atoms with Gasteiger partial charge in [0, 0.05) is 12.4 Å². The van der Waals surface area contributed by atoms with Gasteiger partial charge >= 0.3 is 5.97 Å². The van der Waals surface area contributed by atoms with E-state index in [1.54, 1.807) is 18.5 Å². The summed E-state index contributed by atoms with van der Waals surface area (Å²) in [5.41, 5.74) is 0.550. The summed E-state index contributed by atoms with van der Waals surface area (Å²) in [7, 11) is 0. The Morgan fingerprint density at radius 1 is 1.30 bits per heavy atom. The zero-order chi connectivity index (χ0) is 15.0. The molecular weight excluding hydrogens is 256 g/mol. The molecule has 0 aromatic carbocycles. The van der Waals surface area contributed by atoms with Gasteiger partial charge in [-0.2, -0.15) is 0 Å². The number of carbonyl (C=O) groups is 1. The van der Waals surface area contributed by atoms with Crippen molar-refractivity contribution in [1.82, 2.24) is 9.97 Å². The van der Waals surface area contributed by atoms with Gasteiger partial charge in [0.05, 0.1) is 19.6 Å². The first-order valence-electron chi connectivity index (χ1n) is 6.63. The zero-order valence-corrected chi connectivity index (χ0v) is 12.4. The lowest BCUT2D eigenvalue weighted by atomic mass is 10.2. The van der Waals surface area contributed by atoms with E-state index in [1.165, 1.54) is 0 Å². The van der Waals surface area contributed by atoms with E-state index in [1.807, 2.05) is 20.8 Å². The molecule has 1 rings (SSSR count). The van der Waals surface area contributed by atoms with Crippen LogP contribution in [0.1, 0.15) is 38.6 Å². The van der Waals surface area contributed by atoms with E-state index in [9.17, 15) is 4.79 Å². The molecule has 0 aliphatic heterocycles. The molecule has 0 saturated carbocycles. The molecule has 5 heteroatoms. The van der Waals surface area contributed by atoms with E-state index in [2.05, 4.69) is 16.5 Å². The molecule has 1 aromatic rings. The third kappa shape index (κ3) is 6.99. The quantitative estimate of drug-likeness (QED) is 0.566. The Labute approximate surface area is 120 Å². The predicted octanol–water partition coefficient (Wildman–Crippen LogP) is 2.41. The van der Waals surface area contributed by atoms with Gasteiger partial charge in [-0.1, -0.05) is 6.58 Å². The van der Waals surface area contributed by atoms with Crippen LogP contribution in [0.5, 0.6) is 0 Å². The minimum absolute atomic E-state index is 0.240. The second kappa shape index (κ2) is 7.75. The average molecular weight is 278 g/mol.